The summed E-state index contributed by atoms with van der Waals surface area (Å²) >= 11 is 0. The highest BCUT2D eigenvalue weighted by Crippen LogP contribution is 2.21. The molecule has 0 aromatic carbocycles. The summed E-state index contributed by atoms with van der Waals surface area (Å²) in [6, 6.07) is 3.92. The molecule has 108 valence electrons. The molecule has 2 fully saturated rings. The zero-order valence-corrected chi connectivity index (χ0v) is 12.2. The molecule has 1 aromatic rings. The van der Waals surface area contributed by atoms with Gasteiger partial charge in [0, 0.05) is 26.2 Å². The van der Waals surface area contributed by atoms with Gasteiger partial charge in [-0.15, -0.1) is 0 Å². The van der Waals surface area contributed by atoms with Gasteiger partial charge in [-0.1, -0.05) is 6.92 Å². The molecule has 4 nitrogen and oxygen atoms in total. The van der Waals surface area contributed by atoms with Gasteiger partial charge in [-0.25, -0.2) is 4.98 Å². The molecular weight excluding hydrogens is 250 g/mol. The van der Waals surface area contributed by atoms with Crippen molar-refractivity contribution in [1.29, 1.82) is 0 Å². The van der Waals surface area contributed by atoms with Crippen LogP contribution in [0.4, 0.5) is 5.69 Å². The van der Waals surface area contributed by atoms with Crippen LogP contribution in [0, 0.1) is 5.92 Å². The standard InChI is InChI=1S/C16H23N3O/c1-13-5-4-10-19(12-13)16(20)15-7-6-14(11-17-15)18-8-2-3-9-18/h6-7,11,13H,2-5,8-10,12H2,1H3. The van der Waals surface area contributed by atoms with Gasteiger partial charge in [-0.2, -0.15) is 0 Å². The quantitative estimate of drug-likeness (QED) is 0.831. The Hall–Kier alpha value is -1.58. The number of likely N-dealkylation sites (tertiary alicyclic amines) is 1. The number of piperidine rings is 1. The van der Waals surface area contributed by atoms with E-state index in [9.17, 15) is 4.79 Å². The van der Waals surface area contributed by atoms with Crippen molar-refractivity contribution in [3.05, 3.63) is 24.0 Å². The maximum atomic E-state index is 12.4. The summed E-state index contributed by atoms with van der Waals surface area (Å²) in [4.78, 5) is 21.1. The van der Waals surface area contributed by atoms with Gasteiger partial charge in [0.2, 0.25) is 0 Å². The first-order chi connectivity index (χ1) is 9.74. The average molecular weight is 273 g/mol. The second-order valence-electron chi connectivity index (χ2n) is 6.09. The second-order valence-corrected chi connectivity index (χ2v) is 6.09. The van der Waals surface area contributed by atoms with E-state index in [2.05, 4.69) is 16.8 Å². The van der Waals surface area contributed by atoms with Gasteiger partial charge < -0.3 is 9.80 Å². The number of carbonyl (C=O) groups excluding carboxylic acids is 1. The molecule has 3 rings (SSSR count). The number of aromatic nitrogens is 1. The lowest BCUT2D eigenvalue weighted by Gasteiger charge is -2.30. The molecule has 20 heavy (non-hydrogen) atoms. The summed E-state index contributed by atoms with van der Waals surface area (Å²) in [5.41, 5.74) is 1.73. The number of pyridine rings is 1. The minimum atomic E-state index is 0.0875. The van der Waals surface area contributed by atoms with Crippen LogP contribution in [-0.4, -0.2) is 42.0 Å². The monoisotopic (exact) mass is 273 g/mol. The predicted octanol–water partition coefficient (Wildman–Crippen LogP) is 2.55. The van der Waals surface area contributed by atoms with E-state index >= 15 is 0 Å². The van der Waals surface area contributed by atoms with Gasteiger partial charge in [-0.05, 0) is 43.7 Å². The van der Waals surface area contributed by atoms with Gasteiger partial charge in [0.1, 0.15) is 5.69 Å². The number of carbonyl (C=O) groups is 1. The van der Waals surface area contributed by atoms with E-state index in [4.69, 9.17) is 0 Å². The summed E-state index contributed by atoms with van der Waals surface area (Å²) in [6.45, 7) is 6.17. The van der Waals surface area contributed by atoms with E-state index in [1.54, 1.807) is 0 Å². The Bertz CT molecular complexity index is 465. The number of nitrogens with zero attached hydrogens (tertiary/aromatic N) is 3. The summed E-state index contributed by atoms with van der Waals surface area (Å²) in [7, 11) is 0. The SMILES string of the molecule is CC1CCCN(C(=O)c2ccc(N3CCCC3)cn2)C1. The normalized spacial score (nSPS) is 23.1. The highest BCUT2D eigenvalue weighted by Gasteiger charge is 2.23. The van der Waals surface area contributed by atoms with E-state index in [0.29, 0.717) is 11.6 Å². The van der Waals surface area contributed by atoms with Crippen molar-refractivity contribution in [1.82, 2.24) is 9.88 Å². The maximum Gasteiger partial charge on any atom is 0.272 e. The molecule has 0 saturated carbocycles. The number of rotatable bonds is 2. The van der Waals surface area contributed by atoms with Crippen molar-refractivity contribution in [2.24, 2.45) is 5.92 Å². The molecule has 1 unspecified atom stereocenters. The van der Waals surface area contributed by atoms with Crippen LogP contribution < -0.4 is 4.90 Å². The number of hydrogen-bond acceptors (Lipinski definition) is 3. The van der Waals surface area contributed by atoms with Crippen molar-refractivity contribution < 1.29 is 4.79 Å². The molecule has 0 bridgehead atoms. The summed E-state index contributed by atoms with van der Waals surface area (Å²) in [5, 5.41) is 0. The molecule has 1 atom stereocenters. The Morgan fingerprint density at radius 1 is 1.20 bits per heavy atom. The molecule has 1 aromatic heterocycles. The fraction of sp³-hybridized carbons (Fsp3) is 0.625. The number of amides is 1. The topological polar surface area (TPSA) is 36.4 Å². The third-order valence-electron chi connectivity index (χ3n) is 4.38. The Balaban J connectivity index is 1.68. The summed E-state index contributed by atoms with van der Waals surface area (Å²) in [6.07, 6.45) is 6.70. The lowest BCUT2D eigenvalue weighted by molar-refractivity contribution is 0.0677. The van der Waals surface area contributed by atoms with Gasteiger partial charge in [0.05, 0.1) is 11.9 Å². The lowest BCUT2D eigenvalue weighted by atomic mass is 10.00. The number of hydrogen-bond donors (Lipinski definition) is 0. The van der Waals surface area contributed by atoms with Crippen LogP contribution in [0.2, 0.25) is 0 Å². The Kier molecular flexibility index (Phi) is 3.90. The average Bonchev–Trinajstić information content (AvgIpc) is 3.01. The third kappa shape index (κ3) is 2.79. The molecule has 0 spiro atoms. The van der Waals surface area contributed by atoms with Gasteiger partial charge in [0.25, 0.3) is 5.91 Å². The highest BCUT2D eigenvalue weighted by molar-refractivity contribution is 5.92. The van der Waals surface area contributed by atoms with Crippen LogP contribution in [0.3, 0.4) is 0 Å². The van der Waals surface area contributed by atoms with Crippen LogP contribution >= 0.6 is 0 Å². The van der Waals surface area contributed by atoms with Crippen LogP contribution in [0.15, 0.2) is 18.3 Å². The van der Waals surface area contributed by atoms with Crippen LogP contribution in [0.25, 0.3) is 0 Å². The Morgan fingerprint density at radius 2 is 2.00 bits per heavy atom. The number of anilines is 1. The Morgan fingerprint density at radius 3 is 2.65 bits per heavy atom. The van der Waals surface area contributed by atoms with E-state index in [1.165, 1.54) is 19.3 Å². The van der Waals surface area contributed by atoms with Crippen molar-refractivity contribution >= 4 is 11.6 Å². The van der Waals surface area contributed by atoms with Crippen LogP contribution in [0.5, 0.6) is 0 Å². The third-order valence-corrected chi connectivity index (χ3v) is 4.38. The Labute approximate surface area is 120 Å². The van der Waals surface area contributed by atoms with Crippen molar-refractivity contribution in [2.45, 2.75) is 32.6 Å². The molecule has 2 aliphatic rings. The van der Waals surface area contributed by atoms with E-state index < -0.39 is 0 Å². The van der Waals surface area contributed by atoms with E-state index in [-0.39, 0.29) is 5.91 Å². The highest BCUT2D eigenvalue weighted by atomic mass is 16.2. The molecule has 2 saturated heterocycles. The summed E-state index contributed by atoms with van der Waals surface area (Å²) < 4.78 is 0. The van der Waals surface area contributed by atoms with E-state index in [0.717, 1.165) is 38.3 Å². The van der Waals surface area contributed by atoms with Gasteiger partial charge in [-0.3, -0.25) is 4.79 Å². The largest absolute Gasteiger partial charge is 0.370 e. The van der Waals surface area contributed by atoms with E-state index in [1.807, 2.05) is 23.2 Å². The fourth-order valence-electron chi connectivity index (χ4n) is 3.21. The minimum Gasteiger partial charge on any atom is -0.370 e. The zero-order valence-electron chi connectivity index (χ0n) is 12.2. The minimum absolute atomic E-state index is 0.0875. The van der Waals surface area contributed by atoms with Crippen LogP contribution in [-0.2, 0) is 0 Å². The van der Waals surface area contributed by atoms with Gasteiger partial charge >= 0.3 is 0 Å². The van der Waals surface area contributed by atoms with Gasteiger partial charge in [0.15, 0.2) is 0 Å². The lowest BCUT2D eigenvalue weighted by Crippen LogP contribution is -2.39. The zero-order chi connectivity index (χ0) is 13.9. The molecular formula is C16H23N3O. The fourth-order valence-corrected chi connectivity index (χ4v) is 3.21. The molecule has 3 heterocycles. The van der Waals surface area contributed by atoms with Crippen molar-refractivity contribution in [2.75, 3.05) is 31.1 Å². The van der Waals surface area contributed by atoms with Crippen molar-refractivity contribution in [3.63, 3.8) is 0 Å². The summed E-state index contributed by atoms with van der Waals surface area (Å²) in [5.74, 6) is 0.695. The smallest absolute Gasteiger partial charge is 0.272 e. The van der Waals surface area contributed by atoms with Crippen LogP contribution in [0.1, 0.15) is 43.1 Å². The first-order valence-corrected chi connectivity index (χ1v) is 7.74. The molecule has 1 amide bonds. The first kappa shape index (κ1) is 13.4. The molecule has 4 heteroatoms. The maximum absolute atomic E-state index is 12.4. The first-order valence-electron chi connectivity index (χ1n) is 7.74. The second kappa shape index (κ2) is 5.81. The van der Waals surface area contributed by atoms with Crippen molar-refractivity contribution in [3.8, 4) is 0 Å². The molecule has 2 aliphatic heterocycles. The molecule has 0 radical (unpaired) electrons. The molecule has 0 N–H and O–H groups in total. The predicted molar refractivity (Wildman–Crippen MR) is 80.0 cm³/mol. The molecule has 0 aliphatic carbocycles.